The Labute approximate surface area is 122 Å². The standard InChI is InChI=1S/C18H16F2O/c19-16-7-12(8-17(20)11-16)9-18(21)15-6-5-13-3-1-2-4-14(13)10-15/h1-4,7-8,11,15H,5-6,9-10H2. The molecule has 0 fully saturated rings. The predicted molar refractivity (Wildman–Crippen MR) is 77.0 cm³/mol. The second kappa shape index (κ2) is 5.76. The molecule has 0 aromatic heterocycles. The highest BCUT2D eigenvalue weighted by molar-refractivity contribution is 5.83. The lowest BCUT2D eigenvalue weighted by atomic mass is 9.80. The fourth-order valence-corrected chi connectivity index (χ4v) is 3.03. The van der Waals surface area contributed by atoms with Crippen molar-refractivity contribution in [1.82, 2.24) is 0 Å². The molecule has 108 valence electrons. The summed E-state index contributed by atoms with van der Waals surface area (Å²) < 4.78 is 26.3. The maximum absolute atomic E-state index is 13.2. The van der Waals surface area contributed by atoms with Crippen LogP contribution < -0.4 is 0 Å². The maximum atomic E-state index is 13.2. The van der Waals surface area contributed by atoms with Crippen LogP contribution in [0.15, 0.2) is 42.5 Å². The average molecular weight is 286 g/mol. The molecule has 0 saturated heterocycles. The molecule has 1 nitrogen and oxygen atoms in total. The molecule has 1 aliphatic carbocycles. The van der Waals surface area contributed by atoms with Gasteiger partial charge >= 0.3 is 0 Å². The summed E-state index contributed by atoms with van der Waals surface area (Å²) in [6, 6.07) is 11.4. The number of hydrogen-bond donors (Lipinski definition) is 0. The van der Waals surface area contributed by atoms with Crippen LogP contribution >= 0.6 is 0 Å². The van der Waals surface area contributed by atoms with E-state index in [1.54, 1.807) is 0 Å². The molecule has 1 aliphatic rings. The van der Waals surface area contributed by atoms with E-state index < -0.39 is 11.6 Å². The minimum Gasteiger partial charge on any atom is -0.299 e. The van der Waals surface area contributed by atoms with Gasteiger partial charge in [0.05, 0.1) is 0 Å². The third-order valence-corrected chi connectivity index (χ3v) is 4.10. The molecule has 0 saturated carbocycles. The SMILES string of the molecule is O=C(Cc1cc(F)cc(F)c1)C1CCc2ccccc2C1. The van der Waals surface area contributed by atoms with Gasteiger partial charge < -0.3 is 0 Å². The molecule has 2 aromatic carbocycles. The summed E-state index contributed by atoms with van der Waals surface area (Å²) in [5.41, 5.74) is 2.93. The van der Waals surface area contributed by atoms with E-state index in [0.29, 0.717) is 5.56 Å². The van der Waals surface area contributed by atoms with Gasteiger partial charge in [-0.25, -0.2) is 8.78 Å². The lowest BCUT2D eigenvalue weighted by Crippen LogP contribution is -2.24. The molecule has 0 bridgehead atoms. The van der Waals surface area contributed by atoms with E-state index in [1.807, 2.05) is 12.1 Å². The zero-order valence-corrected chi connectivity index (χ0v) is 11.6. The van der Waals surface area contributed by atoms with Crippen LogP contribution in [0.4, 0.5) is 8.78 Å². The molecule has 1 atom stereocenters. The molecule has 1 unspecified atom stereocenters. The van der Waals surface area contributed by atoms with Crippen LogP contribution in [0.25, 0.3) is 0 Å². The van der Waals surface area contributed by atoms with Gasteiger partial charge in [0.15, 0.2) is 0 Å². The number of carbonyl (C=O) groups excluding carboxylic acids is 1. The number of benzene rings is 2. The van der Waals surface area contributed by atoms with Gasteiger partial charge in [0.1, 0.15) is 17.4 Å². The van der Waals surface area contributed by atoms with Crippen LogP contribution in [-0.2, 0) is 24.1 Å². The van der Waals surface area contributed by atoms with Crippen LogP contribution in [0.3, 0.4) is 0 Å². The fraction of sp³-hybridized carbons (Fsp3) is 0.278. The summed E-state index contributed by atoms with van der Waals surface area (Å²) in [6.45, 7) is 0. The number of aryl methyl sites for hydroxylation is 1. The lowest BCUT2D eigenvalue weighted by Gasteiger charge is -2.23. The van der Waals surface area contributed by atoms with Gasteiger partial charge in [0.25, 0.3) is 0 Å². The molecule has 0 aliphatic heterocycles. The number of rotatable bonds is 3. The van der Waals surface area contributed by atoms with Gasteiger partial charge in [0, 0.05) is 18.4 Å². The minimum absolute atomic E-state index is 0.0498. The average Bonchev–Trinajstić information content (AvgIpc) is 2.45. The van der Waals surface area contributed by atoms with Crippen LogP contribution in [-0.4, -0.2) is 5.78 Å². The summed E-state index contributed by atoms with van der Waals surface area (Å²) in [7, 11) is 0. The van der Waals surface area contributed by atoms with Crippen molar-refractivity contribution in [2.24, 2.45) is 5.92 Å². The van der Waals surface area contributed by atoms with Gasteiger partial charge in [0.2, 0.25) is 0 Å². The molecule has 0 spiro atoms. The smallest absolute Gasteiger partial charge is 0.140 e. The van der Waals surface area contributed by atoms with E-state index in [4.69, 9.17) is 0 Å². The predicted octanol–water partition coefficient (Wildman–Crippen LogP) is 3.88. The largest absolute Gasteiger partial charge is 0.299 e. The molecule has 0 N–H and O–H groups in total. The summed E-state index contributed by atoms with van der Waals surface area (Å²) in [5, 5.41) is 0. The Morgan fingerprint density at radius 2 is 1.71 bits per heavy atom. The van der Waals surface area contributed by atoms with Crippen molar-refractivity contribution in [3.8, 4) is 0 Å². The van der Waals surface area contributed by atoms with E-state index in [0.717, 1.165) is 25.3 Å². The van der Waals surface area contributed by atoms with Crippen LogP contribution in [0.1, 0.15) is 23.1 Å². The highest BCUT2D eigenvalue weighted by Crippen LogP contribution is 2.27. The molecule has 0 amide bonds. The molecule has 0 heterocycles. The molecule has 0 radical (unpaired) electrons. The van der Waals surface area contributed by atoms with Crippen molar-refractivity contribution in [3.05, 3.63) is 70.8 Å². The van der Waals surface area contributed by atoms with Crippen molar-refractivity contribution in [2.75, 3.05) is 0 Å². The van der Waals surface area contributed by atoms with Crippen molar-refractivity contribution >= 4 is 5.78 Å². The van der Waals surface area contributed by atoms with Crippen molar-refractivity contribution < 1.29 is 13.6 Å². The number of ketones is 1. The van der Waals surface area contributed by atoms with E-state index in [-0.39, 0.29) is 18.1 Å². The number of carbonyl (C=O) groups is 1. The maximum Gasteiger partial charge on any atom is 0.140 e. The van der Waals surface area contributed by atoms with Crippen molar-refractivity contribution in [2.45, 2.75) is 25.7 Å². The zero-order chi connectivity index (χ0) is 14.8. The Hall–Kier alpha value is -2.03. The number of fused-ring (bicyclic) bond motifs is 1. The fourth-order valence-electron chi connectivity index (χ4n) is 3.03. The quantitative estimate of drug-likeness (QED) is 0.837. The van der Waals surface area contributed by atoms with E-state index in [2.05, 4.69) is 12.1 Å². The lowest BCUT2D eigenvalue weighted by molar-refractivity contribution is -0.122. The summed E-state index contributed by atoms with van der Waals surface area (Å²) in [5.74, 6) is -1.25. The molecule has 3 rings (SSSR count). The molecule has 21 heavy (non-hydrogen) atoms. The van der Waals surface area contributed by atoms with E-state index in [9.17, 15) is 13.6 Å². The first-order valence-corrected chi connectivity index (χ1v) is 7.16. The first-order valence-electron chi connectivity index (χ1n) is 7.16. The Balaban J connectivity index is 1.72. The Bertz CT molecular complexity index is 658. The minimum atomic E-state index is -0.633. The van der Waals surface area contributed by atoms with Gasteiger partial charge in [-0.2, -0.15) is 0 Å². The van der Waals surface area contributed by atoms with Crippen molar-refractivity contribution in [1.29, 1.82) is 0 Å². The molecule has 2 aromatic rings. The normalized spacial score (nSPS) is 17.3. The second-order valence-electron chi connectivity index (χ2n) is 5.63. The Kier molecular flexibility index (Phi) is 3.82. The molecular formula is C18H16F2O. The van der Waals surface area contributed by atoms with E-state index >= 15 is 0 Å². The van der Waals surface area contributed by atoms with Gasteiger partial charge in [-0.05, 0) is 48.1 Å². The van der Waals surface area contributed by atoms with Gasteiger partial charge in [-0.15, -0.1) is 0 Å². The molecular weight excluding hydrogens is 270 g/mol. The highest BCUT2D eigenvalue weighted by Gasteiger charge is 2.24. The summed E-state index contributed by atoms with van der Waals surface area (Å²) >= 11 is 0. The van der Waals surface area contributed by atoms with Crippen LogP contribution in [0.2, 0.25) is 0 Å². The number of halogens is 2. The number of Topliss-reactive ketones (excluding diaryl/α,β-unsaturated/α-hetero) is 1. The molecule has 3 heteroatoms. The summed E-state index contributed by atoms with van der Waals surface area (Å²) in [4.78, 5) is 12.4. The third kappa shape index (κ3) is 3.18. The Morgan fingerprint density at radius 3 is 2.43 bits per heavy atom. The van der Waals surface area contributed by atoms with Gasteiger partial charge in [-0.1, -0.05) is 24.3 Å². The van der Waals surface area contributed by atoms with Gasteiger partial charge in [-0.3, -0.25) is 4.79 Å². The third-order valence-electron chi connectivity index (χ3n) is 4.10. The van der Waals surface area contributed by atoms with Crippen molar-refractivity contribution in [3.63, 3.8) is 0 Å². The van der Waals surface area contributed by atoms with E-state index in [1.165, 1.54) is 23.3 Å². The summed E-state index contributed by atoms with van der Waals surface area (Å²) in [6.07, 6.45) is 2.53. The highest BCUT2D eigenvalue weighted by atomic mass is 19.1. The monoisotopic (exact) mass is 286 g/mol. The van der Waals surface area contributed by atoms with Crippen LogP contribution in [0.5, 0.6) is 0 Å². The second-order valence-corrected chi connectivity index (χ2v) is 5.63. The van der Waals surface area contributed by atoms with Crippen LogP contribution in [0, 0.1) is 17.6 Å². The number of hydrogen-bond acceptors (Lipinski definition) is 1. The zero-order valence-electron chi connectivity index (χ0n) is 11.6. The first kappa shape index (κ1) is 13.9. The topological polar surface area (TPSA) is 17.1 Å². The first-order chi connectivity index (χ1) is 10.1. The Morgan fingerprint density at radius 1 is 1.05 bits per heavy atom.